The van der Waals surface area contributed by atoms with Gasteiger partial charge in [0.15, 0.2) is 5.03 Å². The van der Waals surface area contributed by atoms with Gasteiger partial charge in [-0.15, -0.1) is 0 Å². The molecule has 0 saturated heterocycles. The molecule has 7 nitrogen and oxygen atoms in total. The Kier molecular flexibility index (Phi) is 4.52. The molecule has 0 aliphatic carbocycles. The Hall–Kier alpha value is -1.62. The number of halogens is 3. The third-order valence-electron chi connectivity index (χ3n) is 2.01. The molecule has 0 aromatic carbocycles. The lowest BCUT2D eigenvalue weighted by molar-refractivity contribution is -0.138. The fraction of sp³-hybridized carbons (Fsp3) is 0.500. The van der Waals surface area contributed by atoms with Gasteiger partial charge in [0.05, 0.1) is 19.1 Å². The molecule has 0 unspecified atom stereocenters. The molecule has 0 bridgehead atoms. The normalized spacial score (nSPS) is 12.7. The zero-order valence-electron chi connectivity index (χ0n) is 9.73. The Balaban J connectivity index is 2.60. The molecule has 0 radical (unpaired) electrons. The molecular formula is C8H11F3N4O3S. The number of sulfonamides is 1. The number of hydrogen-bond donors (Lipinski definition) is 2. The summed E-state index contributed by atoms with van der Waals surface area (Å²) in [4.78, 5) is 17.0. The molecule has 0 aliphatic rings. The highest BCUT2D eigenvalue weighted by Crippen LogP contribution is 2.12. The van der Waals surface area contributed by atoms with Crippen LogP contribution in [0.25, 0.3) is 0 Å². The molecule has 1 amide bonds. The average molecular weight is 300 g/mol. The SMILES string of the molecule is CN(CC(=O)NCC(F)(F)F)S(=O)(=O)c1cnc[nH]1. The van der Waals surface area contributed by atoms with Crippen LogP contribution in [0.5, 0.6) is 0 Å². The molecule has 2 N–H and O–H groups in total. The van der Waals surface area contributed by atoms with E-state index in [0.717, 1.165) is 19.6 Å². The summed E-state index contributed by atoms with van der Waals surface area (Å²) in [5.74, 6) is -1.05. The van der Waals surface area contributed by atoms with Crippen molar-refractivity contribution in [3.63, 3.8) is 0 Å². The Morgan fingerprint density at radius 3 is 2.63 bits per heavy atom. The van der Waals surface area contributed by atoms with Gasteiger partial charge in [-0.1, -0.05) is 0 Å². The smallest absolute Gasteiger partial charge is 0.346 e. The second kappa shape index (κ2) is 5.57. The van der Waals surface area contributed by atoms with Crippen molar-refractivity contribution in [1.82, 2.24) is 19.6 Å². The molecule has 0 aliphatic heterocycles. The van der Waals surface area contributed by atoms with Crippen LogP contribution in [-0.4, -0.2) is 54.9 Å². The molecule has 0 fully saturated rings. The summed E-state index contributed by atoms with van der Waals surface area (Å²) in [6, 6.07) is 0. The van der Waals surface area contributed by atoms with Crippen molar-refractivity contribution in [2.24, 2.45) is 0 Å². The Morgan fingerprint density at radius 1 is 1.53 bits per heavy atom. The van der Waals surface area contributed by atoms with Gasteiger partial charge in [-0.2, -0.15) is 17.5 Å². The number of hydrogen-bond acceptors (Lipinski definition) is 4. The number of aromatic nitrogens is 2. The molecule has 0 spiro atoms. The zero-order valence-corrected chi connectivity index (χ0v) is 10.5. The number of alkyl halides is 3. The first kappa shape index (κ1) is 15.4. The summed E-state index contributed by atoms with van der Waals surface area (Å²) in [7, 11) is -2.90. The van der Waals surface area contributed by atoms with Crippen molar-refractivity contribution in [1.29, 1.82) is 0 Å². The predicted molar refractivity (Wildman–Crippen MR) is 57.5 cm³/mol. The third-order valence-corrected chi connectivity index (χ3v) is 3.74. The van der Waals surface area contributed by atoms with E-state index in [1.54, 1.807) is 5.32 Å². The first-order chi connectivity index (χ1) is 8.63. The number of H-pyrrole nitrogens is 1. The van der Waals surface area contributed by atoms with Crippen molar-refractivity contribution < 1.29 is 26.4 Å². The van der Waals surface area contributed by atoms with E-state index < -0.39 is 35.2 Å². The monoisotopic (exact) mass is 300 g/mol. The van der Waals surface area contributed by atoms with E-state index in [-0.39, 0.29) is 5.03 Å². The number of rotatable bonds is 5. The van der Waals surface area contributed by atoms with Crippen LogP contribution < -0.4 is 5.32 Å². The fourth-order valence-corrected chi connectivity index (χ4v) is 2.11. The van der Waals surface area contributed by atoms with Crippen LogP contribution in [0.1, 0.15) is 0 Å². The first-order valence-electron chi connectivity index (χ1n) is 4.91. The Morgan fingerprint density at radius 2 is 2.16 bits per heavy atom. The molecule has 108 valence electrons. The molecule has 1 aromatic rings. The van der Waals surface area contributed by atoms with Gasteiger partial charge in [0.25, 0.3) is 10.0 Å². The molecule has 19 heavy (non-hydrogen) atoms. The quantitative estimate of drug-likeness (QED) is 0.781. The van der Waals surface area contributed by atoms with Crippen molar-refractivity contribution in [3.05, 3.63) is 12.5 Å². The maximum absolute atomic E-state index is 11.9. The summed E-state index contributed by atoms with van der Waals surface area (Å²) >= 11 is 0. The number of amides is 1. The van der Waals surface area contributed by atoms with Gasteiger partial charge >= 0.3 is 6.18 Å². The van der Waals surface area contributed by atoms with Crippen LogP contribution in [0.15, 0.2) is 17.6 Å². The Bertz CT molecular complexity index is 526. The average Bonchev–Trinajstić information content (AvgIpc) is 2.79. The van der Waals surface area contributed by atoms with E-state index in [9.17, 15) is 26.4 Å². The summed E-state index contributed by atoms with van der Waals surface area (Å²) in [5, 5.41) is 1.32. The number of nitrogens with zero attached hydrogens (tertiary/aromatic N) is 2. The second-order valence-electron chi connectivity index (χ2n) is 3.57. The van der Waals surface area contributed by atoms with Crippen LogP contribution >= 0.6 is 0 Å². The molecule has 0 saturated carbocycles. The predicted octanol–water partition coefficient (Wildman–Crippen LogP) is -0.291. The van der Waals surface area contributed by atoms with Gasteiger partial charge in [-0.25, -0.2) is 13.4 Å². The van der Waals surface area contributed by atoms with Gasteiger partial charge in [0, 0.05) is 7.05 Å². The second-order valence-corrected chi connectivity index (χ2v) is 5.58. The number of carbonyl (C=O) groups excluding carboxylic acids is 1. The first-order valence-corrected chi connectivity index (χ1v) is 6.35. The van der Waals surface area contributed by atoms with Gasteiger partial charge in [0.2, 0.25) is 5.91 Å². The van der Waals surface area contributed by atoms with E-state index in [0.29, 0.717) is 4.31 Å². The third kappa shape index (κ3) is 4.52. The van der Waals surface area contributed by atoms with Crippen LogP contribution in [0.3, 0.4) is 0 Å². The number of aromatic amines is 1. The standard InChI is InChI=1S/C8H11F3N4O3S/c1-15(3-6(16)13-4-8(9,10)11)19(17,18)7-2-12-5-14-7/h2,5H,3-4H2,1H3,(H,12,14)(H,13,16). The number of imidazole rings is 1. The molecule has 1 rings (SSSR count). The van der Waals surface area contributed by atoms with Gasteiger partial charge in [-0.3, -0.25) is 4.79 Å². The molecule has 1 heterocycles. The molecule has 0 atom stereocenters. The van der Waals surface area contributed by atoms with E-state index >= 15 is 0 Å². The van der Waals surface area contributed by atoms with E-state index in [1.165, 1.54) is 0 Å². The highest BCUT2D eigenvalue weighted by atomic mass is 32.2. The highest BCUT2D eigenvalue weighted by Gasteiger charge is 2.29. The Labute approximate surface area is 106 Å². The van der Waals surface area contributed by atoms with Crippen LogP contribution in [0, 0.1) is 0 Å². The van der Waals surface area contributed by atoms with Crippen molar-refractivity contribution in [2.45, 2.75) is 11.2 Å². The molecular weight excluding hydrogens is 289 g/mol. The van der Waals surface area contributed by atoms with Crippen LogP contribution in [0.4, 0.5) is 13.2 Å². The lowest BCUT2D eigenvalue weighted by atomic mass is 10.5. The number of carbonyl (C=O) groups is 1. The van der Waals surface area contributed by atoms with Gasteiger partial charge in [-0.05, 0) is 0 Å². The zero-order chi connectivity index (χ0) is 14.7. The minimum atomic E-state index is -4.55. The number of likely N-dealkylation sites (N-methyl/N-ethyl adjacent to an activating group) is 1. The fourth-order valence-electron chi connectivity index (χ4n) is 1.09. The highest BCUT2D eigenvalue weighted by molar-refractivity contribution is 7.89. The van der Waals surface area contributed by atoms with Gasteiger partial charge in [0.1, 0.15) is 6.54 Å². The van der Waals surface area contributed by atoms with Gasteiger partial charge < -0.3 is 10.3 Å². The summed E-state index contributed by atoms with van der Waals surface area (Å²) in [6.45, 7) is -2.23. The van der Waals surface area contributed by atoms with Crippen LogP contribution in [-0.2, 0) is 14.8 Å². The number of nitrogens with one attached hydrogen (secondary N) is 2. The van der Waals surface area contributed by atoms with Crippen molar-refractivity contribution in [3.8, 4) is 0 Å². The molecule has 11 heteroatoms. The summed E-state index contributed by atoms with van der Waals surface area (Å²) in [5.41, 5.74) is 0. The maximum atomic E-state index is 11.9. The maximum Gasteiger partial charge on any atom is 0.405 e. The largest absolute Gasteiger partial charge is 0.405 e. The van der Waals surface area contributed by atoms with Crippen LogP contribution in [0.2, 0.25) is 0 Å². The van der Waals surface area contributed by atoms with E-state index in [2.05, 4.69) is 9.97 Å². The van der Waals surface area contributed by atoms with E-state index in [4.69, 9.17) is 0 Å². The summed E-state index contributed by atoms with van der Waals surface area (Å²) in [6.07, 6.45) is -2.39. The molecule has 1 aromatic heterocycles. The minimum Gasteiger partial charge on any atom is -0.346 e. The van der Waals surface area contributed by atoms with Crippen molar-refractivity contribution >= 4 is 15.9 Å². The summed E-state index contributed by atoms with van der Waals surface area (Å²) < 4.78 is 59.7. The lowest BCUT2D eigenvalue weighted by Gasteiger charge is -2.16. The van der Waals surface area contributed by atoms with E-state index in [1.807, 2.05) is 0 Å². The topological polar surface area (TPSA) is 95.2 Å². The lowest BCUT2D eigenvalue weighted by Crippen LogP contribution is -2.41. The van der Waals surface area contributed by atoms with Crippen molar-refractivity contribution in [2.75, 3.05) is 20.1 Å². The minimum absolute atomic E-state index is 0.251.